The second-order valence-corrected chi connectivity index (χ2v) is 5.21. The van der Waals surface area contributed by atoms with Gasteiger partial charge in [0.2, 0.25) is 0 Å². The van der Waals surface area contributed by atoms with Crippen molar-refractivity contribution >= 4 is 17.7 Å². The average molecular weight is 298 g/mol. The van der Waals surface area contributed by atoms with Gasteiger partial charge in [0, 0.05) is 18.3 Å². The van der Waals surface area contributed by atoms with E-state index >= 15 is 0 Å². The van der Waals surface area contributed by atoms with E-state index in [0.717, 1.165) is 5.56 Å². The molecule has 0 aliphatic rings. The third kappa shape index (κ3) is 3.69. The molecule has 0 aliphatic heterocycles. The first-order valence-corrected chi connectivity index (χ1v) is 7.01. The molecule has 5 heteroatoms. The standard InChI is InChI=1S/C17H18N2O3/c1-12-8-9-18-15(10-12)19(11-13(2)17(21)22)16(20)14-6-4-3-5-7-14/h3-10,13H,11H2,1-2H3,(H,21,22). The monoisotopic (exact) mass is 298 g/mol. The topological polar surface area (TPSA) is 70.5 Å². The molecule has 0 aliphatic carbocycles. The highest BCUT2D eigenvalue weighted by molar-refractivity contribution is 6.05. The SMILES string of the molecule is Cc1ccnc(N(CC(C)C(=O)O)C(=O)c2ccccc2)c1. The van der Waals surface area contributed by atoms with Crippen LogP contribution in [0.3, 0.4) is 0 Å². The van der Waals surface area contributed by atoms with Gasteiger partial charge in [-0.15, -0.1) is 0 Å². The smallest absolute Gasteiger partial charge is 0.308 e. The Balaban J connectivity index is 2.37. The minimum absolute atomic E-state index is 0.0690. The summed E-state index contributed by atoms with van der Waals surface area (Å²) >= 11 is 0. The van der Waals surface area contributed by atoms with Gasteiger partial charge in [0.15, 0.2) is 0 Å². The number of aliphatic carboxylic acids is 1. The van der Waals surface area contributed by atoms with E-state index in [1.54, 1.807) is 43.5 Å². The van der Waals surface area contributed by atoms with Gasteiger partial charge in [0.1, 0.15) is 5.82 Å². The number of amides is 1. The summed E-state index contributed by atoms with van der Waals surface area (Å²) in [4.78, 5) is 29.5. The van der Waals surface area contributed by atoms with Gasteiger partial charge in [-0.2, -0.15) is 0 Å². The minimum atomic E-state index is -0.946. The third-order valence-electron chi connectivity index (χ3n) is 3.32. The lowest BCUT2D eigenvalue weighted by Gasteiger charge is -2.24. The normalized spacial score (nSPS) is 11.7. The summed E-state index contributed by atoms with van der Waals surface area (Å²) in [5.41, 5.74) is 1.46. The van der Waals surface area contributed by atoms with Crippen LogP contribution >= 0.6 is 0 Å². The van der Waals surface area contributed by atoms with E-state index in [-0.39, 0.29) is 12.5 Å². The van der Waals surface area contributed by atoms with Gasteiger partial charge < -0.3 is 5.11 Å². The van der Waals surface area contributed by atoms with E-state index in [2.05, 4.69) is 4.98 Å². The Morgan fingerprint density at radius 1 is 1.23 bits per heavy atom. The number of carbonyl (C=O) groups excluding carboxylic acids is 1. The minimum Gasteiger partial charge on any atom is -0.481 e. The largest absolute Gasteiger partial charge is 0.481 e. The van der Waals surface area contributed by atoms with Crippen LogP contribution in [0.5, 0.6) is 0 Å². The number of pyridine rings is 1. The highest BCUT2D eigenvalue weighted by Gasteiger charge is 2.24. The van der Waals surface area contributed by atoms with Crippen molar-refractivity contribution in [3.63, 3.8) is 0 Å². The number of aromatic nitrogens is 1. The predicted octanol–water partition coefficient (Wildman–Crippen LogP) is 2.76. The fourth-order valence-corrected chi connectivity index (χ4v) is 2.04. The van der Waals surface area contributed by atoms with Crippen molar-refractivity contribution < 1.29 is 14.7 Å². The number of nitrogens with zero attached hydrogens (tertiary/aromatic N) is 2. The van der Waals surface area contributed by atoms with Gasteiger partial charge in [0.25, 0.3) is 5.91 Å². The van der Waals surface area contributed by atoms with E-state index in [1.807, 2.05) is 19.1 Å². The summed E-state index contributed by atoms with van der Waals surface area (Å²) in [6.45, 7) is 3.54. The first-order chi connectivity index (χ1) is 10.5. The fourth-order valence-electron chi connectivity index (χ4n) is 2.04. The van der Waals surface area contributed by atoms with Crippen LogP contribution in [0.25, 0.3) is 0 Å². The summed E-state index contributed by atoms with van der Waals surface area (Å²) in [6.07, 6.45) is 1.61. The molecule has 0 saturated carbocycles. The van der Waals surface area contributed by atoms with E-state index in [9.17, 15) is 9.59 Å². The summed E-state index contributed by atoms with van der Waals surface area (Å²) in [5.74, 6) is -1.43. The van der Waals surface area contributed by atoms with Crippen LogP contribution in [0.15, 0.2) is 48.7 Å². The van der Waals surface area contributed by atoms with Crippen molar-refractivity contribution in [1.29, 1.82) is 0 Å². The highest BCUT2D eigenvalue weighted by atomic mass is 16.4. The number of carboxylic acid groups (broad SMARTS) is 1. The molecule has 0 saturated heterocycles. The number of anilines is 1. The zero-order valence-corrected chi connectivity index (χ0v) is 12.6. The molecule has 0 fully saturated rings. The van der Waals surface area contributed by atoms with Crippen molar-refractivity contribution in [3.8, 4) is 0 Å². The summed E-state index contributed by atoms with van der Waals surface area (Å²) in [6, 6.07) is 12.4. The maximum absolute atomic E-state index is 12.7. The van der Waals surface area contributed by atoms with Crippen molar-refractivity contribution in [2.24, 2.45) is 5.92 Å². The lowest BCUT2D eigenvalue weighted by Crippen LogP contribution is -2.37. The third-order valence-corrected chi connectivity index (χ3v) is 3.32. The molecule has 5 nitrogen and oxygen atoms in total. The number of hydrogen-bond donors (Lipinski definition) is 1. The Morgan fingerprint density at radius 2 is 1.91 bits per heavy atom. The molecular formula is C17H18N2O3. The highest BCUT2D eigenvalue weighted by Crippen LogP contribution is 2.18. The van der Waals surface area contributed by atoms with Crippen LogP contribution in [0, 0.1) is 12.8 Å². The molecule has 1 aromatic heterocycles. The van der Waals surface area contributed by atoms with Crippen LogP contribution in [-0.2, 0) is 4.79 Å². The van der Waals surface area contributed by atoms with Crippen molar-refractivity contribution in [1.82, 2.24) is 4.98 Å². The van der Waals surface area contributed by atoms with Crippen molar-refractivity contribution in [3.05, 3.63) is 59.8 Å². The summed E-state index contributed by atoms with van der Waals surface area (Å²) in [7, 11) is 0. The van der Waals surface area contributed by atoms with Crippen LogP contribution in [-0.4, -0.2) is 28.5 Å². The van der Waals surface area contributed by atoms with E-state index in [4.69, 9.17) is 5.11 Å². The number of rotatable bonds is 5. The number of hydrogen-bond acceptors (Lipinski definition) is 3. The van der Waals surface area contributed by atoms with Crippen molar-refractivity contribution in [2.75, 3.05) is 11.4 Å². The molecular weight excluding hydrogens is 280 g/mol. The quantitative estimate of drug-likeness (QED) is 0.921. The molecule has 1 amide bonds. The lowest BCUT2D eigenvalue weighted by molar-refractivity contribution is -0.140. The van der Waals surface area contributed by atoms with E-state index < -0.39 is 11.9 Å². The number of carbonyl (C=O) groups is 2. The molecule has 0 spiro atoms. The molecule has 0 bridgehead atoms. The molecule has 1 unspecified atom stereocenters. The van der Waals surface area contributed by atoms with Crippen LogP contribution in [0.4, 0.5) is 5.82 Å². The summed E-state index contributed by atoms with van der Waals surface area (Å²) in [5, 5.41) is 9.13. The van der Waals surface area contributed by atoms with Gasteiger partial charge in [-0.3, -0.25) is 14.5 Å². The van der Waals surface area contributed by atoms with Crippen LogP contribution in [0.2, 0.25) is 0 Å². The molecule has 1 aromatic carbocycles. The molecule has 114 valence electrons. The second-order valence-electron chi connectivity index (χ2n) is 5.21. The maximum Gasteiger partial charge on any atom is 0.308 e. The van der Waals surface area contributed by atoms with E-state index in [1.165, 1.54) is 4.90 Å². The lowest BCUT2D eigenvalue weighted by atomic mass is 10.1. The number of carboxylic acids is 1. The maximum atomic E-state index is 12.7. The van der Waals surface area contributed by atoms with Gasteiger partial charge in [-0.1, -0.05) is 25.1 Å². The van der Waals surface area contributed by atoms with Gasteiger partial charge >= 0.3 is 5.97 Å². The number of aryl methyl sites for hydroxylation is 1. The number of benzene rings is 1. The molecule has 2 aromatic rings. The summed E-state index contributed by atoms with van der Waals surface area (Å²) < 4.78 is 0. The van der Waals surface area contributed by atoms with Crippen LogP contribution < -0.4 is 4.90 Å². The molecule has 22 heavy (non-hydrogen) atoms. The molecule has 2 rings (SSSR count). The van der Waals surface area contributed by atoms with Gasteiger partial charge in [0.05, 0.1) is 5.92 Å². The first kappa shape index (κ1) is 15.7. The second kappa shape index (κ2) is 6.85. The Bertz CT molecular complexity index is 671. The average Bonchev–Trinajstić information content (AvgIpc) is 2.52. The molecule has 1 N–H and O–H groups in total. The zero-order chi connectivity index (χ0) is 16.1. The molecule has 1 heterocycles. The van der Waals surface area contributed by atoms with Gasteiger partial charge in [-0.05, 0) is 36.8 Å². The predicted molar refractivity (Wildman–Crippen MR) is 83.9 cm³/mol. The van der Waals surface area contributed by atoms with E-state index in [0.29, 0.717) is 11.4 Å². The first-order valence-electron chi connectivity index (χ1n) is 7.01. The molecule has 0 radical (unpaired) electrons. The molecule has 1 atom stereocenters. The Kier molecular flexibility index (Phi) is 4.88. The Hall–Kier alpha value is -2.69. The van der Waals surface area contributed by atoms with Crippen LogP contribution in [0.1, 0.15) is 22.8 Å². The zero-order valence-electron chi connectivity index (χ0n) is 12.6. The Labute approximate surface area is 129 Å². The Morgan fingerprint density at radius 3 is 2.50 bits per heavy atom. The van der Waals surface area contributed by atoms with Crippen molar-refractivity contribution in [2.45, 2.75) is 13.8 Å². The van der Waals surface area contributed by atoms with Gasteiger partial charge in [-0.25, -0.2) is 4.98 Å². The fraction of sp³-hybridized carbons (Fsp3) is 0.235.